The topological polar surface area (TPSA) is 58.6 Å². The van der Waals surface area contributed by atoms with Crippen molar-refractivity contribution in [3.63, 3.8) is 0 Å². The van der Waals surface area contributed by atoms with Crippen LogP contribution in [0, 0.1) is 6.92 Å². The van der Waals surface area contributed by atoms with Crippen molar-refractivity contribution in [2.24, 2.45) is 0 Å². The van der Waals surface area contributed by atoms with E-state index in [4.69, 9.17) is 4.74 Å². The first kappa shape index (κ1) is 23.0. The third-order valence-electron chi connectivity index (χ3n) is 6.96. The van der Waals surface area contributed by atoms with Gasteiger partial charge in [0.15, 0.2) is 0 Å². The van der Waals surface area contributed by atoms with Crippen LogP contribution in [0.15, 0.2) is 46.9 Å². The predicted octanol–water partition coefficient (Wildman–Crippen LogP) is 5.46. The number of likely N-dealkylation sites (tertiary alicyclic amines) is 1. The van der Waals surface area contributed by atoms with Gasteiger partial charge in [-0.2, -0.15) is 0 Å². The molecule has 2 aliphatic rings. The van der Waals surface area contributed by atoms with E-state index in [0.29, 0.717) is 31.6 Å². The van der Waals surface area contributed by atoms with E-state index in [9.17, 15) is 9.59 Å². The molecular formula is C26H31BrN2O3. The van der Waals surface area contributed by atoms with E-state index in [1.165, 1.54) is 6.42 Å². The Morgan fingerprint density at radius 2 is 1.81 bits per heavy atom. The summed E-state index contributed by atoms with van der Waals surface area (Å²) in [6.07, 6.45) is 4.58. The summed E-state index contributed by atoms with van der Waals surface area (Å²) in [5.41, 5.74) is 2.71. The average Bonchev–Trinajstić information content (AvgIpc) is 2.81. The molecule has 0 radical (unpaired) electrons. The molecule has 2 aliphatic heterocycles. The van der Waals surface area contributed by atoms with Crippen LogP contribution in [0.1, 0.15) is 60.5 Å². The molecule has 2 aromatic rings. The average molecular weight is 499 g/mol. The summed E-state index contributed by atoms with van der Waals surface area (Å²) >= 11 is 3.48. The largest absolute Gasteiger partial charge is 0.381 e. The van der Waals surface area contributed by atoms with Crippen LogP contribution < -0.4 is 5.32 Å². The second-order valence-electron chi connectivity index (χ2n) is 9.03. The predicted molar refractivity (Wildman–Crippen MR) is 130 cm³/mol. The Hall–Kier alpha value is -2.18. The standard InChI is InChI=1S/C26H31BrN2O3/c1-18-17-20(24(30)29-14-4-3-5-19(29)2)6-11-23(18)28-25(31)26(12-15-32-16-13-26)21-7-9-22(27)10-8-21/h6-11,17,19H,3-5,12-16H2,1-2H3,(H,28,31). The van der Waals surface area contributed by atoms with Crippen LogP contribution in [-0.2, 0) is 14.9 Å². The van der Waals surface area contributed by atoms with Crippen LogP contribution in [0.3, 0.4) is 0 Å². The molecule has 1 N–H and O–H groups in total. The molecule has 2 heterocycles. The number of rotatable bonds is 4. The molecule has 0 aliphatic carbocycles. The maximum atomic E-state index is 13.6. The summed E-state index contributed by atoms with van der Waals surface area (Å²) in [6.45, 7) is 6.00. The Morgan fingerprint density at radius 3 is 2.47 bits per heavy atom. The number of hydrogen-bond donors (Lipinski definition) is 1. The third kappa shape index (κ3) is 4.62. The molecule has 0 aromatic heterocycles. The normalized spacial score (nSPS) is 20.6. The molecule has 2 aromatic carbocycles. The lowest BCUT2D eigenvalue weighted by Crippen LogP contribution is -2.45. The highest BCUT2D eigenvalue weighted by atomic mass is 79.9. The monoisotopic (exact) mass is 498 g/mol. The summed E-state index contributed by atoms with van der Waals surface area (Å²) in [4.78, 5) is 28.6. The van der Waals surface area contributed by atoms with Crippen LogP contribution in [0.4, 0.5) is 5.69 Å². The van der Waals surface area contributed by atoms with Gasteiger partial charge in [0.05, 0.1) is 5.41 Å². The first-order chi connectivity index (χ1) is 15.4. The Morgan fingerprint density at radius 1 is 1.09 bits per heavy atom. The lowest BCUT2D eigenvalue weighted by atomic mass is 9.73. The van der Waals surface area contributed by atoms with Crippen molar-refractivity contribution in [1.29, 1.82) is 0 Å². The van der Waals surface area contributed by atoms with Gasteiger partial charge in [-0.15, -0.1) is 0 Å². The van der Waals surface area contributed by atoms with E-state index < -0.39 is 5.41 Å². The van der Waals surface area contributed by atoms with Crippen molar-refractivity contribution in [3.05, 3.63) is 63.6 Å². The Kier molecular flexibility index (Phi) is 7.01. The van der Waals surface area contributed by atoms with Gasteiger partial charge in [0.2, 0.25) is 5.91 Å². The van der Waals surface area contributed by atoms with Gasteiger partial charge in [-0.05, 0) is 87.4 Å². The third-order valence-corrected chi connectivity index (χ3v) is 7.49. The van der Waals surface area contributed by atoms with Crippen LogP contribution in [0.2, 0.25) is 0 Å². The lowest BCUT2D eigenvalue weighted by molar-refractivity contribution is -0.125. The number of aryl methyl sites for hydroxylation is 1. The molecule has 0 saturated carbocycles. The number of amides is 2. The Labute approximate surface area is 198 Å². The van der Waals surface area contributed by atoms with Crippen molar-refractivity contribution in [1.82, 2.24) is 4.90 Å². The minimum Gasteiger partial charge on any atom is -0.381 e. The summed E-state index contributed by atoms with van der Waals surface area (Å²) in [7, 11) is 0. The molecule has 2 saturated heterocycles. The number of piperidine rings is 1. The number of nitrogens with one attached hydrogen (secondary N) is 1. The van der Waals surface area contributed by atoms with Gasteiger partial charge in [-0.25, -0.2) is 0 Å². The fourth-order valence-corrected chi connectivity index (χ4v) is 5.14. The number of hydrogen-bond acceptors (Lipinski definition) is 3. The van der Waals surface area contributed by atoms with Gasteiger partial charge in [0.1, 0.15) is 0 Å². The first-order valence-electron chi connectivity index (χ1n) is 11.5. The minimum atomic E-state index is -0.622. The summed E-state index contributed by atoms with van der Waals surface area (Å²) < 4.78 is 6.56. The summed E-state index contributed by atoms with van der Waals surface area (Å²) in [6, 6.07) is 13.9. The SMILES string of the molecule is Cc1cc(C(=O)N2CCCCC2C)ccc1NC(=O)C1(c2ccc(Br)cc2)CCOCC1. The molecule has 0 spiro atoms. The van der Waals surface area contributed by atoms with E-state index >= 15 is 0 Å². The summed E-state index contributed by atoms with van der Waals surface area (Å²) in [5.74, 6) is 0.0592. The van der Waals surface area contributed by atoms with Crippen LogP contribution in [0.25, 0.3) is 0 Å². The molecule has 2 fully saturated rings. The van der Waals surface area contributed by atoms with Gasteiger partial charge >= 0.3 is 0 Å². The fraction of sp³-hybridized carbons (Fsp3) is 0.462. The molecule has 170 valence electrons. The van der Waals surface area contributed by atoms with Crippen molar-refractivity contribution in [2.75, 3.05) is 25.1 Å². The number of carbonyl (C=O) groups excluding carboxylic acids is 2. The Balaban J connectivity index is 1.55. The highest BCUT2D eigenvalue weighted by Gasteiger charge is 2.42. The number of benzene rings is 2. The number of nitrogens with zero attached hydrogens (tertiary/aromatic N) is 1. The molecule has 32 heavy (non-hydrogen) atoms. The summed E-state index contributed by atoms with van der Waals surface area (Å²) in [5, 5.41) is 3.16. The number of anilines is 1. The van der Waals surface area contributed by atoms with E-state index in [0.717, 1.165) is 40.7 Å². The smallest absolute Gasteiger partial charge is 0.254 e. The zero-order valence-corrected chi connectivity index (χ0v) is 20.4. The fourth-order valence-electron chi connectivity index (χ4n) is 4.88. The van der Waals surface area contributed by atoms with Crippen molar-refractivity contribution < 1.29 is 14.3 Å². The van der Waals surface area contributed by atoms with Gasteiger partial charge in [0, 0.05) is 41.5 Å². The van der Waals surface area contributed by atoms with Crippen LogP contribution in [0.5, 0.6) is 0 Å². The quantitative estimate of drug-likeness (QED) is 0.608. The lowest BCUT2D eigenvalue weighted by Gasteiger charge is -2.36. The van der Waals surface area contributed by atoms with Crippen molar-refractivity contribution in [2.45, 2.75) is 57.4 Å². The molecule has 0 bridgehead atoms. The maximum absolute atomic E-state index is 13.6. The number of halogens is 1. The van der Waals surface area contributed by atoms with Crippen LogP contribution >= 0.6 is 15.9 Å². The van der Waals surface area contributed by atoms with Gasteiger partial charge in [0.25, 0.3) is 5.91 Å². The molecular weight excluding hydrogens is 468 g/mol. The number of carbonyl (C=O) groups is 2. The zero-order chi connectivity index (χ0) is 22.7. The second-order valence-corrected chi connectivity index (χ2v) is 9.94. The molecule has 5 nitrogen and oxygen atoms in total. The van der Waals surface area contributed by atoms with Gasteiger partial charge in [-0.1, -0.05) is 28.1 Å². The van der Waals surface area contributed by atoms with Crippen molar-refractivity contribution in [3.8, 4) is 0 Å². The Bertz CT molecular complexity index is 983. The van der Waals surface area contributed by atoms with Crippen LogP contribution in [-0.4, -0.2) is 42.5 Å². The zero-order valence-electron chi connectivity index (χ0n) is 18.8. The van der Waals surface area contributed by atoms with E-state index in [-0.39, 0.29) is 17.9 Å². The molecule has 4 rings (SSSR count). The molecule has 1 unspecified atom stereocenters. The highest BCUT2D eigenvalue weighted by molar-refractivity contribution is 9.10. The van der Waals surface area contributed by atoms with Crippen molar-refractivity contribution >= 4 is 33.4 Å². The highest BCUT2D eigenvalue weighted by Crippen LogP contribution is 2.37. The molecule has 2 amide bonds. The minimum absolute atomic E-state index is 0.0186. The van der Waals surface area contributed by atoms with E-state index in [2.05, 4.69) is 28.2 Å². The first-order valence-corrected chi connectivity index (χ1v) is 12.3. The molecule has 1 atom stereocenters. The van der Waals surface area contributed by atoms with Gasteiger partial charge < -0.3 is 15.0 Å². The van der Waals surface area contributed by atoms with E-state index in [1.54, 1.807) is 0 Å². The maximum Gasteiger partial charge on any atom is 0.254 e. The second kappa shape index (κ2) is 9.75. The molecule has 6 heteroatoms. The number of ether oxygens (including phenoxy) is 1. The van der Waals surface area contributed by atoms with Gasteiger partial charge in [-0.3, -0.25) is 9.59 Å². The van der Waals surface area contributed by atoms with E-state index in [1.807, 2.05) is 54.3 Å².